The van der Waals surface area contributed by atoms with Gasteiger partial charge in [-0.25, -0.2) is 9.97 Å². The molecule has 0 amide bonds. The van der Waals surface area contributed by atoms with E-state index in [0.29, 0.717) is 30.8 Å². The standard InChI is InChI=1S/C16H17N3O2/c17-15-9-12(10-2-3-10)18-16(19-15)11-4-5-13-14(8-11)21-7-1-6-20-13/h4-5,8-10H,1-3,6-7H2,(H2,17,18,19). The average molecular weight is 283 g/mol. The summed E-state index contributed by atoms with van der Waals surface area (Å²) in [6, 6.07) is 7.69. The maximum absolute atomic E-state index is 5.92. The van der Waals surface area contributed by atoms with Crippen molar-refractivity contribution < 1.29 is 9.47 Å². The molecular formula is C16H17N3O2. The minimum atomic E-state index is 0.522. The highest BCUT2D eigenvalue weighted by atomic mass is 16.5. The Bertz CT molecular complexity index is 683. The number of nitrogens with zero attached hydrogens (tertiary/aromatic N) is 2. The molecule has 0 saturated heterocycles. The first-order valence-electron chi connectivity index (χ1n) is 7.34. The second-order valence-corrected chi connectivity index (χ2v) is 5.53. The first-order valence-corrected chi connectivity index (χ1v) is 7.34. The van der Waals surface area contributed by atoms with Crippen molar-refractivity contribution in [2.75, 3.05) is 18.9 Å². The molecule has 21 heavy (non-hydrogen) atoms. The molecule has 0 atom stereocenters. The van der Waals surface area contributed by atoms with Crippen LogP contribution in [0.3, 0.4) is 0 Å². The summed E-state index contributed by atoms with van der Waals surface area (Å²) in [6.45, 7) is 1.36. The lowest BCUT2D eigenvalue weighted by molar-refractivity contribution is 0.297. The van der Waals surface area contributed by atoms with Gasteiger partial charge < -0.3 is 15.2 Å². The maximum Gasteiger partial charge on any atom is 0.161 e. The van der Waals surface area contributed by atoms with E-state index in [1.54, 1.807) is 0 Å². The first kappa shape index (κ1) is 12.4. The van der Waals surface area contributed by atoms with E-state index in [1.165, 1.54) is 12.8 Å². The third-order valence-electron chi connectivity index (χ3n) is 3.77. The van der Waals surface area contributed by atoms with Crippen LogP contribution in [-0.4, -0.2) is 23.2 Å². The van der Waals surface area contributed by atoms with Gasteiger partial charge in [0.2, 0.25) is 0 Å². The molecule has 0 radical (unpaired) electrons. The van der Waals surface area contributed by atoms with Gasteiger partial charge in [0, 0.05) is 29.7 Å². The van der Waals surface area contributed by atoms with E-state index in [0.717, 1.165) is 29.2 Å². The third-order valence-corrected chi connectivity index (χ3v) is 3.77. The Labute approximate surface area is 123 Å². The summed E-state index contributed by atoms with van der Waals surface area (Å²) in [5.41, 5.74) is 7.87. The number of nitrogens with two attached hydrogens (primary N) is 1. The molecule has 5 heteroatoms. The van der Waals surface area contributed by atoms with E-state index < -0.39 is 0 Å². The van der Waals surface area contributed by atoms with Crippen molar-refractivity contribution in [3.63, 3.8) is 0 Å². The zero-order valence-corrected chi connectivity index (χ0v) is 11.7. The lowest BCUT2D eigenvalue weighted by atomic mass is 10.1. The monoisotopic (exact) mass is 283 g/mol. The molecule has 1 fully saturated rings. The fraction of sp³-hybridized carbons (Fsp3) is 0.375. The Hall–Kier alpha value is -2.30. The molecule has 108 valence electrons. The molecule has 0 bridgehead atoms. The summed E-state index contributed by atoms with van der Waals surface area (Å²) in [4.78, 5) is 9.01. The van der Waals surface area contributed by atoms with Crippen LogP contribution in [-0.2, 0) is 0 Å². The molecule has 2 heterocycles. The molecule has 1 aliphatic carbocycles. The van der Waals surface area contributed by atoms with Crippen molar-refractivity contribution in [1.29, 1.82) is 0 Å². The van der Waals surface area contributed by atoms with Crippen LogP contribution in [0.15, 0.2) is 24.3 Å². The van der Waals surface area contributed by atoms with Gasteiger partial charge in [-0.15, -0.1) is 0 Å². The molecule has 1 saturated carbocycles. The Morgan fingerprint density at radius 3 is 2.62 bits per heavy atom. The van der Waals surface area contributed by atoms with E-state index in [4.69, 9.17) is 15.2 Å². The van der Waals surface area contributed by atoms with E-state index in [1.807, 2.05) is 24.3 Å². The zero-order chi connectivity index (χ0) is 14.2. The number of benzene rings is 1. The molecule has 1 aromatic heterocycles. The summed E-state index contributed by atoms with van der Waals surface area (Å²) < 4.78 is 11.4. The minimum Gasteiger partial charge on any atom is -0.490 e. The number of ether oxygens (including phenoxy) is 2. The topological polar surface area (TPSA) is 70.3 Å². The number of anilines is 1. The zero-order valence-electron chi connectivity index (χ0n) is 11.7. The van der Waals surface area contributed by atoms with Gasteiger partial charge in [0.15, 0.2) is 17.3 Å². The fourth-order valence-electron chi connectivity index (χ4n) is 2.51. The number of fused-ring (bicyclic) bond motifs is 1. The highest BCUT2D eigenvalue weighted by molar-refractivity contribution is 5.62. The Morgan fingerprint density at radius 2 is 1.81 bits per heavy atom. The summed E-state index contributed by atoms with van der Waals surface area (Å²) >= 11 is 0. The van der Waals surface area contributed by atoms with Crippen LogP contribution in [0.25, 0.3) is 11.4 Å². The largest absolute Gasteiger partial charge is 0.490 e. The number of aromatic nitrogens is 2. The van der Waals surface area contributed by atoms with E-state index >= 15 is 0 Å². The third kappa shape index (κ3) is 2.51. The minimum absolute atomic E-state index is 0.522. The van der Waals surface area contributed by atoms with E-state index in [2.05, 4.69) is 9.97 Å². The smallest absolute Gasteiger partial charge is 0.161 e. The van der Waals surface area contributed by atoms with Crippen molar-refractivity contribution in [3.8, 4) is 22.9 Å². The summed E-state index contributed by atoms with van der Waals surface area (Å²) in [6.07, 6.45) is 3.28. The van der Waals surface area contributed by atoms with Crippen LogP contribution in [0, 0.1) is 0 Å². The normalized spacial score (nSPS) is 17.3. The SMILES string of the molecule is Nc1cc(C2CC2)nc(-c2ccc3c(c2)OCCCO3)n1. The number of rotatable bonds is 2. The van der Waals surface area contributed by atoms with Crippen molar-refractivity contribution in [3.05, 3.63) is 30.0 Å². The number of nitrogen functional groups attached to an aromatic ring is 1. The summed E-state index contributed by atoms with van der Waals surface area (Å²) in [7, 11) is 0. The Morgan fingerprint density at radius 1 is 1.00 bits per heavy atom. The van der Waals surface area contributed by atoms with Crippen LogP contribution in [0.2, 0.25) is 0 Å². The van der Waals surface area contributed by atoms with Gasteiger partial charge in [-0.2, -0.15) is 0 Å². The Balaban J connectivity index is 1.74. The highest BCUT2D eigenvalue weighted by Gasteiger charge is 2.26. The molecule has 5 nitrogen and oxygen atoms in total. The Kier molecular flexibility index (Phi) is 2.91. The number of hydrogen-bond donors (Lipinski definition) is 1. The molecule has 0 unspecified atom stereocenters. The van der Waals surface area contributed by atoms with Crippen molar-refractivity contribution in [1.82, 2.24) is 9.97 Å². The molecule has 1 aromatic carbocycles. The van der Waals surface area contributed by atoms with E-state index in [-0.39, 0.29) is 0 Å². The quantitative estimate of drug-likeness (QED) is 0.917. The lowest BCUT2D eigenvalue weighted by Crippen LogP contribution is -2.00. The predicted octanol–water partition coefficient (Wildman–Crippen LogP) is 2.76. The average Bonchev–Trinajstić information content (AvgIpc) is 3.32. The van der Waals surface area contributed by atoms with Gasteiger partial charge in [0.1, 0.15) is 5.82 Å². The van der Waals surface area contributed by atoms with Gasteiger partial charge in [-0.05, 0) is 31.0 Å². The van der Waals surface area contributed by atoms with Crippen molar-refractivity contribution in [2.24, 2.45) is 0 Å². The second kappa shape index (κ2) is 4.91. The predicted molar refractivity (Wildman–Crippen MR) is 79.5 cm³/mol. The second-order valence-electron chi connectivity index (χ2n) is 5.53. The molecule has 2 aromatic rings. The summed E-state index contributed by atoms with van der Waals surface area (Å²) in [5, 5.41) is 0. The van der Waals surface area contributed by atoms with Gasteiger partial charge in [-0.3, -0.25) is 0 Å². The van der Waals surface area contributed by atoms with Gasteiger partial charge in [0.25, 0.3) is 0 Å². The van der Waals surface area contributed by atoms with Crippen LogP contribution in [0.4, 0.5) is 5.82 Å². The van der Waals surface area contributed by atoms with Crippen LogP contribution < -0.4 is 15.2 Å². The van der Waals surface area contributed by atoms with Gasteiger partial charge >= 0.3 is 0 Å². The molecule has 4 rings (SSSR count). The van der Waals surface area contributed by atoms with Gasteiger partial charge in [0.05, 0.1) is 13.2 Å². The highest BCUT2D eigenvalue weighted by Crippen LogP contribution is 2.40. The van der Waals surface area contributed by atoms with Crippen molar-refractivity contribution in [2.45, 2.75) is 25.2 Å². The van der Waals surface area contributed by atoms with Crippen molar-refractivity contribution >= 4 is 5.82 Å². The molecule has 2 aliphatic rings. The lowest BCUT2D eigenvalue weighted by Gasteiger charge is -2.10. The van der Waals surface area contributed by atoms with Crippen LogP contribution in [0.1, 0.15) is 30.9 Å². The fourth-order valence-corrected chi connectivity index (χ4v) is 2.51. The number of hydrogen-bond acceptors (Lipinski definition) is 5. The molecular weight excluding hydrogens is 266 g/mol. The van der Waals surface area contributed by atoms with Crippen LogP contribution in [0.5, 0.6) is 11.5 Å². The van der Waals surface area contributed by atoms with Crippen LogP contribution >= 0.6 is 0 Å². The maximum atomic E-state index is 5.92. The first-order chi connectivity index (χ1) is 10.3. The van der Waals surface area contributed by atoms with Gasteiger partial charge in [-0.1, -0.05) is 0 Å². The molecule has 2 N–H and O–H groups in total. The van der Waals surface area contributed by atoms with E-state index in [9.17, 15) is 0 Å². The molecule has 0 spiro atoms. The summed E-state index contributed by atoms with van der Waals surface area (Å²) in [5.74, 6) is 3.27. The molecule has 1 aliphatic heterocycles.